The number of nitrogens with two attached hydrogens (primary N) is 1. The minimum atomic E-state index is -4.61. The van der Waals surface area contributed by atoms with Crippen molar-refractivity contribution in [2.24, 2.45) is 5.73 Å². The minimum absolute atomic E-state index is 0.0907. The molecule has 0 aliphatic rings. The van der Waals surface area contributed by atoms with Crippen LogP contribution in [0.2, 0.25) is 5.02 Å². The van der Waals surface area contributed by atoms with Crippen molar-refractivity contribution < 1.29 is 22.8 Å². The zero-order chi connectivity index (χ0) is 21.5. The zero-order valence-corrected chi connectivity index (χ0v) is 16.2. The number of carbonyl (C=O) groups is 2. The number of alkyl halides is 3. The summed E-state index contributed by atoms with van der Waals surface area (Å²) >= 11 is 6.81. The molecule has 152 valence electrons. The van der Waals surface area contributed by atoms with Crippen LogP contribution in [0.25, 0.3) is 10.2 Å². The second-order valence-corrected chi connectivity index (χ2v) is 7.43. The van der Waals surface area contributed by atoms with Crippen LogP contribution < -0.4 is 16.6 Å². The first-order chi connectivity index (χ1) is 13.5. The van der Waals surface area contributed by atoms with Gasteiger partial charge in [0.25, 0.3) is 11.5 Å². The third-order valence-electron chi connectivity index (χ3n) is 4.02. The summed E-state index contributed by atoms with van der Waals surface area (Å²) in [5.41, 5.74) is 3.82. The third-order valence-corrected chi connectivity index (χ3v) is 5.57. The van der Waals surface area contributed by atoms with Gasteiger partial charge in [0.05, 0.1) is 32.9 Å². The first kappa shape index (κ1) is 20.8. The summed E-state index contributed by atoms with van der Waals surface area (Å²) in [6.45, 7) is 1.02. The van der Waals surface area contributed by atoms with E-state index in [1.54, 1.807) is 0 Å². The van der Waals surface area contributed by atoms with Crippen LogP contribution in [0.4, 0.5) is 18.9 Å². The lowest BCUT2D eigenvalue weighted by atomic mass is 10.2. The van der Waals surface area contributed by atoms with E-state index < -0.39 is 35.7 Å². The number of hydrogen-bond donors (Lipinski definition) is 2. The van der Waals surface area contributed by atoms with Gasteiger partial charge in [-0.25, -0.2) is 4.98 Å². The summed E-state index contributed by atoms with van der Waals surface area (Å²) in [5, 5.41) is 2.31. The number of nitrogens with one attached hydrogen (secondary N) is 1. The number of aromatic nitrogens is 2. The number of hydrogen-bond acceptors (Lipinski definition) is 5. The Morgan fingerprint density at radius 3 is 2.66 bits per heavy atom. The van der Waals surface area contributed by atoms with Gasteiger partial charge in [-0.2, -0.15) is 13.2 Å². The van der Waals surface area contributed by atoms with Crippen LogP contribution in [0.1, 0.15) is 20.8 Å². The molecule has 0 aliphatic carbocycles. The Hall–Kier alpha value is -2.92. The van der Waals surface area contributed by atoms with E-state index in [4.69, 9.17) is 17.3 Å². The van der Waals surface area contributed by atoms with Crippen LogP contribution in [0.3, 0.4) is 0 Å². The smallest absolute Gasteiger partial charge is 0.365 e. The van der Waals surface area contributed by atoms with E-state index in [0.717, 1.165) is 34.4 Å². The molecule has 7 nitrogen and oxygen atoms in total. The highest BCUT2D eigenvalue weighted by molar-refractivity contribution is 7.20. The molecule has 2 amide bonds. The topological polar surface area (TPSA) is 107 Å². The van der Waals surface area contributed by atoms with Crippen LogP contribution in [0.5, 0.6) is 0 Å². The molecule has 2 aromatic heterocycles. The monoisotopic (exact) mass is 444 g/mol. The molecule has 0 unspecified atom stereocenters. The first-order valence-electron chi connectivity index (χ1n) is 7.94. The van der Waals surface area contributed by atoms with Gasteiger partial charge >= 0.3 is 6.18 Å². The molecule has 0 fully saturated rings. The Labute approximate surface area is 169 Å². The number of benzene rings is 1. The van der Waals surface area contributed by atoms with E-state index in [2.05, 4.69) is 10.3 Å². The van der Waals surface area contributed by atoms with Gasteiger partial charge in [-0.15, -0.1) is 11.3 Å². The molecule has 12 heteroatoms. The molecular formula is C17H12ClF3N4O3S. The largest absolute Gasteiger partial charge is 0.416 e. The summed E-state index contributed by atoms with van der Waals surface area (Å²) < 4.78 is 39.5. The van der Waals surface area contributed by atoms with E-state index in [9.17, 15) is 27.6 Å². The fraction of sp³-hybridized carbons (Fsp3) is 0.176. The second-order valence-electron chi connectivity index (χ2n) is 6.02. The molecule has 0 atom stereocenters. The summed E-state index contributed by atoms with van der Waals surface area (Å²) in [5.74, 6) is -1.48. The van der Waals surface area contributed by atoms with E-state index in [1.165, 1.54) is 6.92 Å². The summed E-state index contributed by atoms with van der Waals surface area (Å²) in [4.78, 5) is 40.9. The number of fused-ring (bicyclic) bond motifs is 1. The molecule has 0 saturated carbocycles. The number of halogens is 4. The maximum absolute atomic E-state index is 12.8. The van der Waals surface area contributed by atoms with Crippen LogP contribution >= 0.6 is 22.9 Å². The minimum Gasteiger partial charge on any atom is -0.365 e. The number of rotatable bonds is 4. The van der Waals surface area contributed by atoms with Crippen molar-refractivity contribution in [3.05, 3.63) is 55.9 Å². The molecule has 1 aromatic carbocycles. The van der Waals surface area contributed by atoms with Crippen LogP contribution in [0.15, 0.2) is 29.3 Å². The fourth-order valence-electron chi connectivity index (χ4n) is 2.65. The molecule has 0 saturated heterocycles. The fourth-order valence-corrected chi connectivity index (χ4v) is 3.80. The number of thiophene rings is 1. The van der Waals surface area contributed by atoms with Gasteiger partial charge in [-0.05, 0) is 30.7 Å². The Balaban J connectivity index is 1.89. The highest BCUT2D eigenvalue weighted by Crippen LogP contribution is 2.33. The predicted octanol–water partition coefficient (Wildman–Crippen LogP) is 3.18. The highest BCUT2D eigenvalue weighted by Gasteiger charge is 2.31. The Kier molecular flexibility index (Phi) is 5.37. The van der Waals surface area contributed by atoms with Crippen LogP contribution in [-0.2, 0) is 17.5 Å². The number of nitrogens with zero attached hydrogens (tertiary/aromatic N) is 2. The summed E-state index contributed by atoms with van der Waals surface area (Å²) in [6, 6.07) is 2.50. The molecule has 0 bridgehead atoms. The highest BCUT2D eigenvalue weighted by atomic mass is 35.5. The lowest BCUT2D eigenvalue weighted by Gasteiger charge is -2.12. The normalized spacial score (nSPS) is 11.6. The molecule has 29 heavy (non-hydrogen) atoms. The van der Waals surface area contributed by atoms with Gasteiger partial charge < -0.3 is 11.1 Å². The van der Waals surface area contributed by atoms with Crippen molar-refractivity contribution in [2.45, 2.75) is 19.6 Å². The summed E-state index contributed by atoms with van der Waals surface area (Å²) in [7, 11) is 0. The maximum Gasteiger partial charge on any atom is 0.416 e. The number of carbonyl (C=O) groups excluding carboxylic acids is 2. The molecule has 0 radical (unpaired) electrons. The number of anilines is 1. The first-order valence-corrected chi connectivity index (χ1v) is 9.13. The number of primary amides is 1. The molecule has 0 aliphatic heterocycles. The SMILES string of the molecule is Cc1c(C(N)=O)sc2ncn(CC(=O)Nc3cc(C(F)(F)F)ccc3Cl)c(=O)c12. The average Bonchev–Trinajstić information content (AvgIpc) is 2.96. The molecular weight excluding hydrogens is 433 g/mol. The lowest BCUT2D eigenvalue weighted by Crippen LogP contribution is -2.28. The molecule has 3 rings (SSSR count). The quantitative estimate of drug-likeness (QED) is 0.644. The molecule has 0 spiro atoms. The molecule has 3 aromatic rings. The second kappa shape index (κ2) is 7.48. The van der Waals surface area contributed by atoms with E-state index >= 15 is 0 Å². The summed E-state index contributed by atoms with van der Waals surface area (Å²) in [6.07, 6.45) is -3.50. The molecule has 2 heterocycles. The number of aryl methyl sites for hydroxylation is 1. The number of amides is 2. The van der Waals surface area contributed by atoms with E-state index in [1.807, 2.05) is 0 Å². The van der Waals surface area contributed by atoms with Crippen molar-refractivity contribution in [3.8, 4) is 0 Å². The maximum atomic E-state index is 12.8. The predicted molar refractivity (Wildman–Crippen MR) is 102 cm³/mol. The van der Waals surface area contributed by atoms with Gasteiger partial charge in [0.2, 0.25) is 5.91 Å². The van der Waals surface area contributed by atoms with Crippen LogP contribution in [-0.4, -0.2) is 21.4 Å². The van der Waals surface area contributed by atoms with E-state index in [-0.39, 0.29) is 21.0 Å². The van der Waals surface area contributed by atoms with Gasteiger partial charge in [-0.1, -0.05) is 11.6 Å². The van der Waals surface area contributed by atoms with Crippen LogP contribution in [0, 0.1) is 6.92 Å². The van der Waals surface area contributed by atoms with Gasteiger partial charge in [0.15, 0.2) is 0 Å². The van der Waals surface area contributed by atoms with Gasteiger partial charge in [-0.3, -0.25) is 19.0 Å². The van der Waals surface area contributed by atoms with E-state index in [0.29, 0.717) is 16.5 Å². The van der Waals surface area contributed by atoms with Crippen molar-refractivity contribution in [1.82, 2.24) is 9.55 Å². The Morgan fingerprint density at radius 1 is 1.34 bits per heavy atom. The zero-order valence-electron chi connectivity index (χ0n) is 14.6. The van der Waals surface area contributed by atoms with Gasteiger partial charge in [0, 0.05) is 0 Å². The lowest BCUT2D eigenvalue weighted by molar-refractivity contribution is -0.137. The standard InChI is InChI=1S/C17H12ClF3N4O3S/c1-7-12-15(29-13(7)14(22)27)23-6-25(16(12)28)5-11(26)24-10-4-8(17(19,20)21)2-3-9(10)18/h2-4,6H,5H2,1H3,(H2,22,27)(H,24,26). The molecule has 3 N–H and O–H groups in total. The Bertz CT molecular complexity index is 1200. The van der Waals surface area contributed by atoms with Gasteiger partial charge in [0.1, 0.15) is 11.4 Å². The van der Waals surface area contributed by atoms with Crippen molar-refractivity contribution >= 4 is 50.7 Å². The van der Waals surface area contributed by atoms with Crippen molar-refractivity contribution in [1.29, 1.82) is 0 Å². The average molecular weight is 445 g/mol. The van der Waals surface area contributed by atoms with Crippen molar-refractivity contribution in [3.63, 3.8) is 0 Å². The van der Waals surface area contributed by atoms with Crippen molar-refractivity contribution in [2.75, 3.05) is 5.32 Å². The Morgan fingerprint density at radius 2 is 2.03 bits per heavy atom. The third kappa shape index (κ3) is 4.10.